The predicted molar refractivity (Wildman–Crippen MR) is 73.7 cm³/mol. The van der Waals surface area contributed by atoms with Crippen molar-refractivity contribution in [1.29, 1.82) is 0 Å². The highest BCUT2D eigenvalue weighted by Gasteiger charge is 2.03. The molecule has 1 aromatic carbocycles. The van der Waals surface area contributed by atoms with E-state index in [0.29, 0.717) is 23.9 Å². The van der Waals surface area contributed by atoms with E-state index in [9.17, 15) is 0 Å². The summed E-state index contributed by atoms with van der Waals surface area (Å²) < 4.78 is 11.6. The Morgan fingerprint density at radius 2 is 2.11 bits per heavy atom. The normalized spacial score (nSPS) is 10.1. The van der Waals surface area contributed by atoms with Gasteiger partial charge in [0, 0.05) is 17.8 Å². The molecule has 1 heterocycles. The number of hydrogen-bond acceptors (Lipinski definition) is 4. The summed E-state index contributed by atoms with van der Waals surface area (Å²) in [6, 6.07) is 11.0. The Hall–Kier alpha value is -1.75. The molecular formula is C13H13BrN2O2. The summed E-state index contributed by atoms with van der Waals surface area (Å²) in [5.41, 5.74) is 7.16. The van der Waals surface area contributed by atoms with Crippen molar-refractivity contribution in [2.24, 2.45) is 0 Å². The van der Waals surface area contributed by atoms with E-state index in [2.05, 4.69) is 20.9 Å². The predicted octanol–water partition coefficient (Wildman–Crippen LogP) is 3.01. The van der Waals surface area contributed by atoms with Gasteiger partial charge in [-0.2, -0.15) is 0 Å². The number of aromatic nitrogens is 1. The number of halogens is 1. The summed E-state index contributed by atoms with van der Waals surface area (Å²) >= 11 is 3.41. The van der Waals surface area contributed by atoms with Crippen LogP contribution in [0.1, 0.15) is 5.69 Å². The Balaban J connectivity index is 2.08. The number of methoxy groups -OCH3 is 1. The zero-order valence-corrected chi connectivity index (χ0v) is 11.5. The molecule has 0 fully saturated rings. The van der Waals surface area contributed by atoms with Crippen LogP contribution in [0, 0.1) is 0 Å². The van der Waals surface area contributed by atoms with Crippen LogP contribution in [0.2, 0.25) is 0 Å². The van der Waals surface area contributed by atoms with Crippen LogP contribution in [0.3, 0.4) is 0 Å². The molecule has 0 radical (unpaired) electrons. The van der Waals surface area contributed by atoms with Gasteiger partial charge in [-0.05, 0) is 34.1 Å². The highest BCUT2D eigenvalue weighted by molar-refractivity contribution is 9.10. The summed E-state index contributed by atoms with van der Waals surface area (Å²) in [4.78, 5) is 4.26. The number of pyridine rings is 1. The van der Waals surface area contributed by atoms with Crippen LogP contribution in [-0.4, -0.2) is 12.1 Å². The molecule has 1 aromatic heterocycles. The van der Waals surface area contributed by atoms with Crippen molar-refractivity contribution in [2.75, 3.05) is 12.8 Å². The molecule has 0 spiro atoms. The van der Waals surface area contributed by atoms with E-state index in [1.54, 1.807) is 25.3 Å². The van der Waals surface area contributed by atoms with Crippen molar-refractivity contribution < 1.29 is 9.47 Å². The van der Waals surface area contributed by atoms with Crippen molar-refractivity contribution in [2.45, 2.75) is 6.61 Å². The molecule has 0 aliphatic heterocycles. The molecule has 0 aliphatic carbocycles. The molecule has 0 saturated carbocycles. The van der Waals surface area contributed by atoms with Crippen LogP contribution in [0.4, 0.5) is 5.69 Å². The first-order chi connectivity index (χ1) is 8.69. The summed E-state index contributed by atoms with van der Waals surface area (Å²) in [5.74, 6) is 1.27. The van der Waals surface area contributed by atoms with Gasteiger partial charge in [0.05, 0.1) is 17.3 Å². The number of anilines is 1. The molecule has 0 atom stereocenters. The van der Waals surface area contributed by atoms with Crippen LogP contribution in [0.5, 0.6) is 11.6 Å². The third-order valence-electron chi connectivity index (χ3n) is 2.32. The van der Waals surface area contributed by atoms with Crippen LogP contribution < -0.4 is 15.2 Å². The van der Waals surface area contributed by atoms with E-state index in [-0.39, 0.29) is 0 Å². The molecule has 2 N–H and O–H groups in total. The average Bonchev–Trinajstić information content (AvgIpc) is 2.40. The molecule has 0 aliphatic rings. The largest absolute Gasteiger partial charge is 0.486 e. The minimum absolute atomic E-state index is 0.360. The number of benzene rings is 1. The molecule has 0 amide bonds. The maximum atomic E-state index is 5.71. The van der Waals surface area contributed by atoms with Crippen LogP contribution in [0.15, 0.2) is 40.9 Å². The van der Waals surface area contributed by atoms with Gasteiger partial charge in [-0.1, -0.05) is 6.07 Å². The van der Waals surface area contributed by atoms with E-state index in [4.69, 9.17) is 15.2 Å². The lowest BCUT2D eigenvalue weighted by Crippen LogP contribution is -2.00. The number of hydrogen-bond donors (Lipinski definition) is 1. The molecule has 0 bridgehead atoms. The summed E-state index contributed by atoms with van der Waals surface area (Å²) in [7, 11) is 1.58. The molecule has 4 nitrogen and oxygen atoms in total. The van der Waals surface area contributed by atoms with Crippen molar-refractivity contribution in [3.8, 4) is 11.6 Å². The van der Waals surface area contributed by atoms with Crippen LogP contribution in [0.25, 0.3) is 0 Å². The molecule has 5 heteroatoms. The second-order valence-electron chi connectivity index (χ2n) is 3.65. The summed E-state index contributed by atoms with van der Waals surface area (Å²) in [6.07, 6.45) is 0. The Kier molecular flexibility index (Phi) is 4.04. The lowest BCUT2D eigenvalue weighted by molar-refractivity contribution is 0.296. The van der Waals surface area contributed by atoms with Crippen molar-refractivity contribution >= 4 is 21.6 Å². The van der Waals surface area contributed by atoms with Crippen LogP contribution in [-0.2, 0) is 6.61 Å². The molecule has 2 aromatic rings. The van der Waals surface area contributed by atoms with Gasteiger partial charge in [0.15, 0.2) is 0 Å². The van der Waals surface area contributed by atoms with Crippen molar-refractivity contribution in [3.05, 3.63) is 46.6 Å². The first-order valence-electron chi connectivity index (χ1n) is 5.37. The average molecular weight is 309 g/mol. The lowest BCUT2D eigenvalue weighted by Gasteiger charge is -2.09. The number of rotatable bonds is 4. The lowest BCUT2D eigenvalue weighted by atomic mass is 10.3. The van der Waals surface area contributed by atoms with E-state index in [1.165, 1.54) is 0 Å². The minimum Gasteiger partial charge on any atom is -0.486 e. The topological polar surface area (TPSA) is 57.4 Å². The van der Waals surface area contributed by atoms with Gasteiger partial charge in [0.2, 0.25) is 5.88 Å². The standard InChI is InChI=1S/C13H13BrN2O2/c1-17-13-4-2-3-10(16-13)8-18-12-7-9(15)5-6-11(12)14/h2-7H,8,15H2,1H3. The van der Waals surface area contributed by atoms with Crippen molar-refractivity contribution in [3.63, 3.8) is 0 Å². The molecule has 2 rings (SSSR count). The fourth-order valence-corrected chi connectivity index (χ4v) is 1.79. The zero-order valence-electron chi connectivity index (χ0n) is 9.89. The van der Waals surface area contributed by atoms with Gasteiger partial charge in [-0.25, -0.2) is 4.98 Å². The van der Waals surface area contributed by atoms with Crippen molar-refractivity contribution in [1.82, 2.24) is 4.98 Å². The molecule has 0 saturated heterocycles. The fraction of sp³-hybridized carbons (Fsp3) is 0.154. The van der Waals surface area contributed by atoms with Gasteiger partial charge in [0.1, 0.15) is 12.4 Å². The molecular weight excluding hydrogens is 296 g/mol. The van der Waals surface area contributed by atoms with Crippen LogP contribution >= 0.6 is 15.9 Å². The fourth-order valence-electron chi connectivity index (χ4n) is 1.43. The Morgan fingerprint density at radius 1 is 1.28 bits per heavy atom. The summed E-state index contributed by atoms with van der Waals surface area (Å²) in [6.45, 7) is 0.360. The first kappa shape index (κ1) is 12.7. The van der Waals surface area contributed by atoms with Gasteiger partial charge < -0.3 is 15.2 Å². The van der Waals surface area contributed by atoms with E-state index in [0.717, 1.165) is 10.2 Å². The highest BCUT2D eigenvalue weighted by atomic mass is 79.9. The SMILES string of the molecule is COc1cccc(COc2cc(N)ccc2Br)n1. The summed E-state index contributed by atoms with van der Waals surface area (Å²) in [5, 5.41) is 0. The third kappa shape index (κ3) is 3.13. The molecule has 18 heavy (non-hydrogen) atoms. The number of nitrogens with zero attached hydrogens (tertiary/aromatic N) is 1. The highest BCUT2D eigenvalue weighted by Crippen LogP contribution is 2.27. The number of ether oxygens (including phenoxy) is 2. The Bertz CT molecular complexity index is 546. The maximum Gasteiger partial charge on any atom is 0.213 e. The zero-order chi connectivity index (χ0) is 13.0. The second-order valence-corrected chi connectivity index (χ2v) is 4.50. The smallest absolute Gasteiger partial charge is 0.213 e. The maximum absolute atomic E-state index is 5.71. The van der Waals surface area contributed by atoms with E-state index in [1.807, 2.05) is 18.2 Å². The van der Waals surface area contributed by atoms with Gasteiger partial charge in [-0.15, -0.1) is 0 Å². The molecule has 94 valence electrons. The van der Waals surface area contributed by atoms with Gasteiger partial charge >= 0.3 is 0 Å². The number of nitrogens with two attached hydrogens (primary N) is 1. The minimum atomic E-state index is 0.360. The van der Waals surface area contributed by atoms with E-state index >= 15 is 0 Å². The first-order valence-corrected chi connectivity index (χ1v) is 6.16. The van der Waals surface area contributed by atoms with E-state index < -0.39 is 0 Å². The van der Waals surface area contributed by atoms with Gasteiger partial charge in [-0.3, -0.25) is 0 Å². The monoisotopic (exact) mass is 308 g/mol. The van der Waals surface area contributed by atoms with Gasteiger partial charge in [0.25, 0.3) is 0 Å². The molecule has 0 unspecified atom stereocenters. The quantitative estimate of drug-likeness (QED) is 0.882. The Morgan fingerprint density at radius 3 is 2.89 bits per heavy atom. The number of nitrogen functional groups attached to an aromatic ring is 1. The third-order valence-corrected chi connectivity index (χ3v) is 2.98. The second kappa shape index (κ2) is 5.73. The Labute approximate surface area is 114 Å².